The molecule has 3 heterocycles. The highest BCUT2D eigenvalue weighted by Gasteiger charge is 2.45. The van der Waals surface area contributed by atoms with Crippen LogP contribution in [0, 0.1) is 5.82 Å². The van der Waals surface area contributed by atoms with E-state index >= 15 is 0 Å². The van der Waals surface area contributed by atoms with Crippen molar-refractivity contribution in [2.24, 2.45) is 4.99 Å². The zero-order chi connectivity index (χ0) is 29.5. The van der Waals surface area contributed by atoms with Crippen molar-refractivity contribution in [2.75, 3.05) is 18.0 Å². The minimum Gasteiger partial charge on any atom is -0.489 e. The largest absolute Gasteiger partial charge is 0.489 e. The van der Waals surface area contributed by atoms with Crippen molar-refractivity contribution in [2.45, 2.75) is 37.9 Å². The van der Waals surface area contributed by atoms with Crippen LogP contribution in [0.2, 0.25) is 5.02 Å². The highest BCUT2D eigenvalue weighted by atomic mass is 35.5. The molecule has 2 aliphatic rings. The maximum Gasteiger partial charge on any atom is 0.337 e. The first kappa shape index (κ1) is 29.1. The van der Waals surface area contributed by atoms with Crippen LogP contribution in [0.25, 0.3) is 5.57 Å². The fraction of sp³-hybridized carbons (Fsp3) is 0.286. The number of aromatic nitrogens is 2. The third kappa shape index (κ3) is 5.83. The summed E-state index contributed by atoms with van der Waals surface area (Å²) in [5, 5.41) is 25.3. The molecule has 0 radical (unpaired) electrons. The number of benzene rings is 1. The van der Waals surface area contributed by atoms with Gasteiger partial charge >= 0.3 is 5.97 Å². The van der Waals surface area contributed by atoms with E-state index in [1.54, 1.807) is 25.1 Å². The molecule has 13 heteroatoms. The number of pyridine rings is 1. The summed E-state index contributed by atoms with van der Waals surface area (Å²) in [6.07, 6.45) is 4.38. The molecule has 0 unspecified atom stereocenters. The first-order chi connectivity index (χ1) is 19.5. The van der Waals surface area contributed by atoms with Crippen LogP contribution in [0.1, 0.15) is 58.6 Å². The number of aliphatic imine (C=N–C) groups is 1. The number of aliphatic hydroxyl groups is 1. The summed E-state index contributed by atoms with van der Waals surface area (Å²) in [5.41, 5.74) is 0.426. The quantitative estimate of drug-likeness (QED) is 0.195. The Morgan fingerprint density at radius 3 is 2.66 bits per heavy atom. The van der Waals surface area contributed by atoms with Gasteiger partial charge in [0.15, 0.2) is 11.6 Å². The summed E-state index contributed by atoms with van der Waals surface area (Å²) in [7, 11) is 0. The van der Waals surface area contributed by atoms with Gasteiger partial charge in [-0.05, 0) is 44.7 Å². The van der Waals surface area contributed by atoms with E-state index in [9.17, 15) is 14.3 Å². The number of anilines is 1. The summed E-state index contributed by atoms with van der Waals surface area (Å²) < 4.78 is 26.2. The number of hydrogen-bond donors (Lipinski definition) is 2. The Kier molecular flexibility index (Phi) is 8.11. The second-order valence-corrected chi connectivity index (χ2v) is 11.3. The molecule has 3 aromatic rings. The van der Waals surface area contributed by atoms with Crippen molar-refractivity contribution in [1.29, 1.82) is 0 Å². The number of carboxylic acid groups (broad SMARTS) is 1. The van der Waals surface area contributed by atoms with Crippen LogP contribution in [-0.2, 0) is 12.2 Å². The van der Waals surface area contributed by atoms with Gasteiger partial charge in [0.05, 0.1) is 34.3 Å². The standard InChI is InChI=1S/C28H24Cl3FN4O5/c1-14(29)23(21(31)10-33-2)24-18(25(41-35-24)15-3-4-15)11-40-17-5-6-19(20(30)8-17)28(39)12-36(13-28)26-22(32)7-16(9-34-26)27(37)38/h5-10,15,39H,2-4,11-13H2,1H3,(H,37,38)/b21-10+,23-14-. The van der Waals surface area contributed by atoms with E-state index in [0.717, 1.165) is 25.1 Å². The van der Waals surface area contributed by atoms with Gasteiger partial charge in [0.2, 0.25) is 0 Å². The maximum absolute atomic E-state index is 14.4. The Hall–Kier alpha value is -3.44. The van der Waals surface area contributed by atoms with Crippen molar-refractivity contribution in [3.05, 3.63) is 85.7 Å². The maximum atomic E-state index is 14.4. The smallest absolute Gasteiger partial charge is 0.337 e. The predicted molar refractivity (Wildman–Crippen MR) is 153 cm³/mol. The lowest BCUT2D eigenvalue weighted by atomic mass is 9.86. The molecule has 2 aromatic heterocycles. The van der Waals surface area contributed by atoms with Crippen LogP contribution in [0.5, 0.6) is 5.75 Å². The molecule has 0 bridgehead atoms. The van der Waals surface area contributed by atoms with Crippen molar-refractivity contribution in [1.82, 2.24) is 10.1 Å². The van der Waals surface area contributed by atoms with E-state index < -0.39 is 17.4 Å². The lowest BCUT2D eigenvalue weighted by Crippen LogP contribution is -2.60. The van der Waals surface area contributed by atoms with E-state index in [4.69, 9.17) is 49.2 Å². The van der Waals surface area contributed by atoms with Gasteiger partial charge in [-0.25, -0.2) is 14.2 Å². The number of carbonyl (C=O) groups is 1. The van der Waals surface area contributed by atoms with Crippen LogP contribution >= 0.6 is 34.8 Å². The molecular formula is C28H24Cl3FN4O5. The minimum atomic E-state index is -1.37. The first-order valence-corrected chi connectivity index (χ1v) is 13.6. The monoisotopic (exact) mass is 620 g/mol. The van der Waals surface area contributed by atoms with E-state index in [0.29, 0.717) is 38.9 Å². The lowest BCUT2D eigenvalue weighted by molar-refractivity contribution is 0.00670. The third-order valence-corrected chi connectivity index (χ3v) is 7.68. The molecule has 0 amide bonds. The average Bonchev–Trinajstić information content (AvgIpc) is 3.66. The number of β-amino-alcohol motifs (C(OH)–C–C–N with tert-alkyl or cyclic N) is 1. The molecule has 9 nitrogen and oxygen atoms in total. The zero-order valence-corrected chi connectivity index (χ0v) is 24.0. The second-order valence-electron chi connectivity index (χ2n) is 9.87. The fourth-order valence-corrected chi connectivity index (χ4v) is 5.60. The zero-order valence-electron chi connectivity index (χ0n) is 21.7. The summed E-state index contributed by atoms with van der Waals surface area (Å²) in [6.45, 7) is 5.24. The summed E-state index contributed by atoms with van der Waals surface area (Å²) in [4.78, 5) is 20.2. The third-order valence-electron chi connectivity index (χ3n) is 6.89. The van der Waals surface area contributed by atoms with E-state index in [2.05, 4.69) is 21.9 Å². The molecule has 0 spiro atoms. The highest BCUT2D eigenvalue weighted by molar-refractivity contribution is 6.41. The van der Waals surface area contributed by atoms with Crippen LogP contribution in [0.15, 0.2) is 56.2 Å². The van der Waals surface area contributed by atoms with Crippen LogP contribution in [0.4, 0.5) is 10.2 Å². The van der Waals surface area contributed by atoms with Gasteiger partial charge < -0.3 is 24.4 Å². The number of rotatable bonds is 10. The summed E-state index contributed by atoms with van der Waals surface area (Å²) in [5.74, 6) is -0.750. The van der Waals surface area contributed by atoms with Gasteiger partial charge in [0.25, 0.3) is 0 Å². The van der Waals surface area contributed by atoms with E-state index in [1.807, 2.05) is 0 Å². The molecule has 41 heavy (non-hydrogen) atoms. The number of allylic oxidation sites excluding steroid dienone is 3. The number of carboxylic acids is 1. The van der Waals surface area contributed by atoms with Gasteiger partial charge in [-0.1, -0.05) is 46.0 Å². The second kappa shape index (κ2) is 11.4. The van der Waals surface area contributed by atoms with Crippen molar-refractivity contribution in [3.63, 3.8) is 0 Å². The van der Waals surface area contributed by atoms with Gasteiger partial charge in [0, 0.05) is 34.5 Å². The SMILES string of the molecule is C=N/C=C(Cl)\C(=C(/C)Cl)c1noc(C2CC2)c1COc1ccc(C2(O)CN(c3ncc(C(=O)O)cc3F)C2)c(Cl)c1. The van der Waals surface area contributed by atoms with Crippen LogP contribution in [0.3, 0.4) is 0 Å². The minimum absolute atomic E-state index is 0.0127. The molecule has 5 rings (SSSR count). The van der Waals surface area contributed by atoms with Gasteiger partial charge in [-0.15, -0.1) is 0 Å². The van der Waals surface area contributed by atoms with Crippen molar-refractivity contribution < 1.29 is 28.7 Å². The Morgan fingerprint density at radius 1 is 1.34 bits per heavy atom. The van der Waals surface area contributed by atoms with Crippen molar-refractivity contribution in [3.8, 4) is 5.75 Å². The molecule has 1 aromatic carbocycles. The van der Waals surface area contributed by atoms with Crippen LogP contribution in [-0.4, -0.2) is 46.1 Å². The Bertz CT molecular complexity index is 1590. The summed E-state index contributed by atoms with van der Waals surface area (Å²) in [6, 6.07) is 5.79. The summed E-state index contributed by atoms with van der Waals surface area (Å²) >= 11 is 19.3. The van der Waals surface area contributed by atoms with Gasteiger partial charge in [-0.2, -0.15) is 0 Å². The van der Waals surface area contributed by atoms with E-state index in [-0.39, 0.29) is 47.1 Å². The number of ether oxygens (including phenoxy) is 1. The number of halogens is 4. The first-order valence-electron chi connectivity index (χ1n) is 12.5. The molecule has 0 atom stereocenters. The van der Waals surface area contributed by atoms with Crippen LogP contribution < -0.4 is 9.64 Å². The Balaban J connectivity index is 1.33. The topological polar surface area (TPSA) is 121 Å². The molecule has 1 aliphatic heterocycles. The molecule has 214 valence electrons. The Morgan fingerprint density at radius 2 is 2.07 bits per heavy atom. The lowest BCUT2D eigenvalue weighted by Gasteiger charge is -2.47. The molecule has 2 N–H and O–H groups in total. The molecule has 1 saturated heterocycles. The normalized spacial score (nSPS) is 17.1. The highest BCUT2D eigenvalue weighted by Crippen LogP contribution is 2.45. The van der Waals surface area contributed by atoms with E-state index in [1.165, 1.54) is 11.1 Å². The number of nitrogens with zero attached hydrogens (tertiary/aromatic N) is 4. The average molecular weight is 622 g/mol. The Labute approximate surface area is 249 Å². The molecule has 1 saturated carbocycles. The fourth-order valence-electron chi connectivity index (χ4n) is 4.71. The van der Waals surface area contributed by atoms with Gasteiger partial charge in [-0.3, -0.25) is 4.99 Å². The molecule has 1 aliphatic carbocycles. The van der Waals surface area contributed by atoms with Crippen molar-refractivity contribution >= 4 is 58.9 Å². The number of aromatic carboxylic acids is 1. The molecular weight excluding hydrogens is 598 g/mol. The molecule has 2 fully saturated rings. The number of hydrogen-bond acceptors (Lipinski definition) is 8. The predicted octanol–water partition coefficient (Wildman–Crippen LogP) is 6.48. The van der Waals surface area contributed by atoms with Gasteiger partial charge in [0.1, 0.15) is 29.4 Å².